The van der Waals surface area contributed by atoms with Gasteiger partial charge in [-0.25, -0.2) is 0 Å². The van der Waals surface area contributed by atoms with Crippen molar-refractivity contribution in [3.8, 4) is 6.07 Å². The number of rotatable bonds is 2. The maximum atomic E-state index is 11.4. The summed E-state index contributed by atoms with van der Waals surface area (Å²) in [6.45, 7) is 3.34. The minimum absolute atomic E-state index is 0.0295. The van der Waals surface area contributed by atoms with Crippen LogP contribution >= 0.6 is 0 Å². The summed E-state index contributed by atoms with van der Waals surface area (Å²) in [4.78, 5) is 11.4. The van der Waals surface area contributed by atoms with Crippen molar-refractivity contribution in [1.82, 2.24) is 0 Å². The van der Waals surface area contributed by atoms with Crippen LogP contribution in [0, 0.1) is 22.7 Å². The second-order valence-corrected chi connectivity index (χ2v) is 4.21. The molecule has 0 saturated heterocycles. The summed E-state index contributed by atoms with van der Waals surface area (Å²) in [6, 6.07) is 2.20. The van der Waals surface area contributed by atoms with Crippen LogP contribution in [0.4, 0.5) is 0 Å². The van der Waals surface area contributed by atoms with Crippen LogP contribution < -0.4 is 0 Å². The molecule has 0 N–H and O–H groups in total. The third kappa shape index (κ3) is 1.91. The monoisotopic (exact) mass is 179 g/mol. The first kappa shape index (κ1) is 10.2. The smallest absolute Gasteiger partial charge is 0.150 e. The highest BCUT2D eigenvalue weighted by Crippen LogP contribution is 2.38. The maximum absolute atomic E-state index is 11.4. The molecule has 13 heavy (non-hydrogen) atoms. The van der Waals surface area contributed by atoms with Gasteiger partial charge in [0.2, 0.25) is 0 Å². The van der Waals surface area contributed by atoms with E-state index in [0.29, 0.717) is 5.92 Å². The van der Waals surface area contributed by atoms with Crippen molar-refractivity contribution < 1.29 is 4.79 Å². The van der Waals surface area contributed by atoms with Crippen molar-refractivity contribution >= 4 is 5.78 Å². The molecule has 1 fully saturated rings. The Bertz CT molecular complexity index is 235. The number of nitriles is 1. The maximum Gasteiger partial charge on any atom is 0.150 e. The van der Waals surface area contributed by atoms with Crippen LogP contribution in [0.5, 0.6) is 0 Å². The second-order valence-electron chi connectivity index (χ2n) is 4.21. The lowest BCUT2D eigenvalue weighted by atomic mass is 9.69. The number of carbonyl (C=O) groups excluding carboxylic acids is 1. The fraction of sp³-hybridized carbons (Fsp3) is 0.818. The van der Waals surface area contributed by atoms with Gasteiger partial charge in [-0.1, -0.05) is 19.3 Å². The van der Waals surface area contributed by atoms with Gasteiger partial charge in [-0.05, 0) is 32.6 Å². The van der Waals surface area contributed by atoms with Gasteiger partial charge in [0, 0.05) is 0 Å². The Morgan fingerprint density at radius 1 is 1.38 bits per heavy atom. The summed E-state index contributed by atoms with van der Waals surface area (Å²) < 4.78 is 0. The van der Waals surface area contributed by atoms with E-state index in [1.54, 1.807) is 6.92 Å². The Labute approximate surface area is 79.9 Å². The van der Waals surface area contributed by atoms with Crippen molar-refractivity contribution in [3.05, 3.63) is 0 Å². The number of Topliss-reactive ketones (excluding diaryl/α,β-unsaturated/α-hetero) is 1. The zero-order valence-corrected chi connectivity index (χ0v) is 8.47. The van der Waals surface area contributed by atoms with E-state index < -0.39 is 5.41 Å². The molecule has 1 saturated carbocycles. The molecule has 0 aromatic heterocycles. The summed E-state index contributed by atoms with van der Waals surface area (Å²) in [6.07, 6.45) is 5.70. The van der Waals surface area contributed by atoms with Gasteiger partial charge in [-0.15, -0.1) is 0 Å². The summed E-state index contributed by atoms with van der Waals surface area (Å²) in [5, 5.41) is 9.04. The van der Waals surface area contributed by atoms with Crippen molar-refractivity contribution in [1.29, 1.82) is 5.26 Å². The van der Waals surface area contributed by atoms with Gasteiger partial charge in [0.1, 0.15) is 11.2 Å². The van der Waals surface area contributed by atoms with Crippen molar-refractivity contribution in [2.45, 2.75) is 46.0 Å². The fourth-order valence-electron chi connectivity index (χ4n) is 2.14. The molecule has 0 heterocycles. The summed E-state index contributed by atoms with van der Waals surface area (Å²) in [7, 11) is 0. The molecule has 1 rings (SSSR count). The quantitative estimate of drug-likeness (QED) is 0.654. The molecular weight excluding hydrogens is 162 g/mol. The minimum Gasteiger partial charge on any atom is -0.298 e. The fourth-order valence-corrected chi connectivity index (χ4v) is 2.14. The van der Waals surface area contributed by atoms with Crippen LogP contribution in [0.15, 0.2) is 0 Å². The first-order valence-electron chi connectivity index (χ1n) is 5.03. The third-order valence-electron chi connectivity index (χ3n) is 3.39. The molecule has 0 aliphatic heterocycles. The van der Waals surface area contributed by atoms with E-state index in [0.717, 1.165) is 12.8 Å². The van der Waals surface area contributed by atoms with Crippen LogP contribution in [0.25, 0.3) is 0 Å². The average molecular weight is 179 g/mol. The predicted octanol–water partition coefficient (Wildman–Crippen LogP) is 2.69. The van der Waals surface area contributed by atoms with Gasteiger partial charge in [0.25, 0.3) is 0 Å². The normalized spacial score (nSPS) is 23.2. The topological polar surface area (TPSA) is 40.9 Å². The lowest BCUT2D eigenvalue weighted by Gasteiger charge is -2.32. The Morgan fingerprint density at radius 3 is 2.31 bits per heavy atom. The molecule has 1 aliphatic carbocycles. The summed E-state index contributed by atoms with van der Waals surface area (Å²) in [5.41, 5.74) is -0.722. The van der Waals surface area contributed by atoms with Crippen molar-refractivity contribution in [2.75, 3.05) is 0 Å². The van der Waals surface area contributed by atoms with Gasteiger partial charge < -0.3 is 0 Å². The number of hydrogen-bond acceptors (Lipinski definition) is 2. The van der Waals surface area contributed by atoms with E-state index in [4.69, 9.17) is 5.26 Å². The Morgan fingerprint density at radius 2 is 1.92 bits per heavy atom. The zero-order chi connectivity index (χ0) is 9.90. The predicted molar refractivity (Wildman–Crippen MR) is 51.0 cm³/mol. The molecule has 0 amide bonds. The van der Waals surface area contributed by atoms with E-state index in [1.807, 2.05) is 0 Å². The van der Waals surface area contributed by atoms with Gasteiger partial charge in [-0.3, -0.25) is 4.79 Å². The molecule has 0 radical (unpaired) electrons. The first-order chi connectivity index (χ1) is 6.11. The molecule has 0 aromatic carbocycles. The molecule has 1 unspecified atom stereocenters. The van der Waals surface area contributed by atoms with Gasteiger partial charge >= 0.3 is 0 Å². The zero-order valence-electron chi connectivity index (χ0n) is 8.47. The lowest BCUT2D eigenvalue weighted by molar-refractivity contribution is -0.125. The van der Waals surface area contributed by atoms with Crippen LogP contribution in [-0.2, 0) is 4.79 Å². The molecule has 0 aromatic rings. The summed E-state index contributed by atoms with van der Waals surface area (Å²) in [5.74, 6) is 0.325. The van der Waals surface area contributed by atoms with Crippen LogP contribution in [0.3, 0.4) is 0 Å². The lowest BCUT2D eigenvalue weighted by Crippen LogP contribution is -2.34. The van der Waals surface area contributed by atoms with Gasteiger partial charge in [0.15, 0.2) is 0 Å². The van der Waals surface area contributed by atoms with Crippen LogP contribution in [-0.4, -0.2) is 5.78 Å². The highest BCUT2D eigenvalue weighted by molar-refractivity contribution is 5.85. The van der Waals surface area contributed by atoms with E-state index in [9.17, 15) is 4.79 Å². The van der Waals surface area contributed by atoms with Gasteiger partial charge in [0.05, 0.1) is 6.07 Å². The van der Waals surface area contributed by atoms with E-state index in [-0.39, 0.29) is 5.78 Å². The molecule has 1 atom stereocenters. The third-order valence-corrected chi connectivity index (χ3v) is 3.39. The Kier molecular flexibility index (Phi) is 3.08. The molecule has 72 valence electrons. The summed E-state index contributed by atoms with van der Waals surface area (Å²) >= 11 is 0. The largest absolute Gasteiger partial charge is 0.298 e. The standard InChI is InChI=1S/C11H17NO/c1-9(13)11(2,8-12)10-6-4-3-5-7-10/h10H,3-7H2,1-2H3. The molecule has 0 bridgehead atoms. The highest BCUT2D eigenvalue weighted by Gasteiger charge is 2.39. The van der Waals surface area contributed by atoms with E-state index in [2.05, 4.69) is 6.07 Å². The molecule has 2 heteroatoms. The number of ketones is 1. The SMILES string of the molecule is CC(=O)C(C)(C#N)C1CCCCC1. The molecule has 2 nitrogen and oxygen atoms in total. The average Bonchev–Trinajstić information content (AvgIpc) is 2.17. The second kappa shape index (κ2) is 3.91. The van der Waals surface area contributed by atoms with E-state index in [1.165, 1.54) is 26.2 Å². The molecule has 0 spiro atoms. The van der Waals surface area contributed by atoms with Crippen LogP contribution in [0.1, 0.15) is 46.0 Å². The van der Waals surface area contributed by atoms with Crippen molar-refractivity contribution in [3.63, 3.8) is 0 Å². The van der Waals surface area contributed by atoms with Gasteiger partial charge in [-0.2, -0.15) is 5.26 Å². The molecular formula is C11H17NO. The number of carbonyl (C=O) groups is 1. The van der Waals surface area contributed by atoms with Crippen LogP contribution in [0.2, 0.25) is 0 Å². The Balaban J connectivity index is 2.76. The highest BCUT2D eigenvalue weighted by atomic mass is 16.1. The molecule has 1 aliphatic rings. The van der Waals surface area contributed by atoms with Crippen molar-refractivity contribution in [2.24, 2.45) is 11.3 Å². The minimum atomic E-state index is -0.722. The Hall–Kier alpha value is -0.840. The van der Waals surface area contributed by atoms with E-state index >= 15 is 0 Å². The number of nitrogens with zero attached hydrogens (tertiary/aromatic N) is 1. The number of hydrogen-bond donors (Lipinski definition) is 0. The first-order valence-corrected chi connectivity index (χ1v) is 5.03.